The minimum Gasteiger partial charge on any atom is -0.485 e. The van der Waals surface area contributed by atoms with Crippen LogP contribution in [0, 0.1) is 6.92 Å². The number of hydrogen-bond acceptors (Lipinski definition) is 4. The molecule has 0 spiro atoms. The van der Waals surface area contributed by atoms with Gasteiger partial charge in [0, 0.05) is 17.7 Å². The van der Waals surface area contributed by atoms with E-state index in [1.54, 1.807) is 0 Å². The first-order valence-electron chi connectivity index (χ1n) is 7.61. The third kappa shape index (κ3) is 4.33. The Balaban J connectivity index is 2.08. The molecule has 0 aliphatic carbocycles. The van der Waals surface area contributed by atoms with Gasteiger partial charge in [-0.2, -0.15) is 0 Å². The molecule has 21 heavy (non-hydrogen) atoms. The molecule has 1 aromatic carbocycles. The molecule has 0 aliphatic rings. The average molecular weight is 288 g/mol. The number of nitrogens with one attached hydrogen (secondary N) is 1. The molecule has 2 rings (SSSR count). The Labute approximate surface area is 126 Å². The van der Waals surface area contributed by atoms with Crippen LogP contribution in [0.3, 0.4) is 0 Å². The van der Waals surface area contributed by atoms with Gasteiger partial charge in [-0.05, 0) is 32.4 Å². The highest BCUT2D eigenvalue weighted by Gasteiger charge is 2.14. The summed E-state index contributed by atoms with van der Waals surface area (Å²) in [4.78, 5) is 0. The van der Waals surface area contributed by atoms with E-state index in [2.05, 4.69) is 36.5 Å². The average Bonchev–Trinajstić information content (AvgIpc) is 2.92. The Bertz CT molecular complexity index is 551. The van der Waals surface area contributed by atoms with E-state index in [0.29, 0.717) is 12.6 Å². The minimum absolute atomic E-state index is 0.317. The first-order chi connectivity index (χ1) is 10.2. The van der Waals surface area contributed by atoms with Crippen LogP contribution in [0.15, 0.2) is 34.9 Å². The Morgan fingerprint density at radius 2 is 2.10 bits per heavy atom. The number of rotatable bonds is 8. The van der Waals surface area contributed by atoms with Gasteiger partial charge in [0.15, 0.2) is 5.76 Å². The third-order valence-electron chi connectivity index (χ3n) is 3.39. The van der Waals surface area contributed by atoms with Gasteiger partial charge >= 0.3 is 0 Å². The number of ether oxygens (including phenoxy) is 1. The van der Waals surface area contributed by atoms with Gasteiger partial charge in [0.2, 0.25) is 0 Å². The van der Waals surface area contributed by atoms with Crippen LogP contribution in [0.2, 0.25) is 0 Å². The summed E-state index contributed by atoms with van der Waals surface area (Å²) in [6.07, 6.45) is 2.15. The van der Waals surface area contributed by atoms with Crippen molar-refractivity contribution in [3.8, 4) is 5.75 Å². The van der Waals surface area contributed by atoms with Crippen molar-refractivity contribution in [1.82, 2.24) is 10.5 Å². The van der Waals surface area contributed by atoms with Gasteiger partial charge in [-0.15, -0.1) is 0 Å². The van der Waals surface area contributed by atoms with Gasteiger partial charge in [-0.3, -0.25) is 0 Å². The Hall–Kier alpha value is -1.81. The fourth-order valence-electron chi connectivity index (χ4n) is 2.33. The van der Waals surface area contributed by atoms with Crippen molar-refractivity contribution in [2.45, 2.75) is 46.3 Å². The molecule has 1 unspecified atom stereocenters. The van der Waals surface area contributed by atoms with E-state index in [1.807, 2.05) is 25.1 Å². The topological polar surface area (TPSA) is 47.3 Å². The van der Waals surface area contributed by atoms with E-state index in [1.165, 1.54) is 5.56 Å². The molecule has 0 saturated carbocycles. The van der Waals surface area contributed by atoms with Crippen molar-refractivity contribution in [2.24, 2.45) is 0 Å². The predicted octanol–water partition coefficient (Wildman–Crippen LogP) is 4.01. The van der Waals surface area contributed by atoms with Crippen LogP contribution in [0.5, 0.6) is 5.75 Å². The summed E-state index contributed by atoms with van der Waals surface area (Å²) in [7, 11) is 0. The zero-order chi connectivity index (χ0) is 15.1. The van der Waals surface area contributed by atoms with Crippen LogP contribution >= 0.6 is 0 Å². The van der Waals surface area contributed by atoms with Gasteiger partial charge in [-0.1, -0.05) is 37.2 Å². The molecule has 1 N–H and O–H groups in total. The lowest BCUT2D eigenvalue weighted by molar-refractivity contribution is 0.245. The lowest BCUT2D eigenvalue weighted by Gasteiger charge is -2.20. The molecule has 4 heteroatoms. The van der Waals surface area contributed by atoms with Gasteiger partial charge in [-0.25, -0.2) is 0 Å². The smallest absolute Gasteiger partial charge is 0.174 e. The molecule has 4 nitrogen and oxygen atoms in total. The number of hydrogen-bond donors (Lipinski definition) is 1. The molecule has 0 bridgehead atoms. The molecule has 1 heterocycles. The Morgan fingerprint density at radius 1 is 1.29 bits per heavy atom. The highest BCUT2D eigenvalue weighted by atomic mass is 16.5. The fraction of sp³-hybridized carbons (Fsp3) is 0.471. The molecule has 0 fully saturated rings. The quantitative estimate of drug-likeness (QED) is 0.797. The van der Waals surface area contributed by atoms with Crippen molar-refractivity contribution in [3.05, 3.63) is 47.3 Å². The summed E-state index contributed by atoms with van der Waals surface area (Å²) < 4.78 is 11.1. The summed E-state index contributed by atoms with van der Waals surface area (Å²) in [6.45, 7) is 7.68. The fourth-order valence-corrected chi connectivity index (χ4v) is 2.33. The van der Waals surface area contributed by atoms with Crippen molar-refractivity contribution in [3.63, 3.8) is 0 Å². The maximum absolute atomic E-state index is 5.93. The normalized spacial score (nSPS) is 12.3. The summed E-state index contributed by atoms with van der Waals surface area (Å²) in [6, 6.07) is 10.4. The standard InChI is InChI=1S/C17H24N2O2/c1-4-10-18-16(5-2)15-8-6-7-9-17(15)20-12-14-11-13(3)19-21-14/h6-9,11,16,18H,4-5,10,12H2,1-3H3. The van der Waals surface area contributed by atoms with Crippen LogP contribution < -0.4 is 10.1 Å². The summed E-state index contributed by atoms with van der Waals surface area (Å²) in [5, 5.41) is 7.44. The second kappa shape index (κ2) is 7.84. The molecule has 0 amide bonds. The van der Waals surface area contributed by atoms with E-state index in [4.69, 9.17) is 9.26 Å². The lowest BCUT2D eigenvalue weighted by Crippen LogP contribution is -2.22. The minimum atomic E-state index is 0.317. The number of nitrogens with zero attached hydrogens (tertiary/aromatic N) is 1. The van der Waals surface area contributed by atoms with Crippen LogP contribution in [0.25, 0.3) is 0 Å². The highest BCUT2D eigenvalue weighted by Crippen LogP contribution is 2.27. The van der Waals surface area contributed by atoms with E-state index < -0.39 is 0 Å². The van der Waals surface area contributed by atoms with Crippen LogP contribution in [-0.4, -0.2) is 11.7 Å². The molecule has 0 saturated heterocycles. The van der Waals surface area contributed by atoms with Crippen molar-refractivity contribution >= 4 is 0 Å². The number of benzene rings is 1. The number of aromatic nitrogens is 1. The molecule has 114 valence electrons. The van der Waals surface area contributed by atoms with E-state index in [9.17, 15) is 0 Å². The van der Waals surface area contributed by atoms with Crippen LogP contribution in [0.4, 0.5) is 0 Å². The van der Waals surface area contributed by atoms with E-state index >= 15 is 0 Å². The molecular formula is C17H24N2O2. The van der Waals surface area contributed by atoms with Crippen molar-refractivity contribution < 1.29 is 9.26 Å². The van der Waals surface area contributed by atoms with Gasteiger partial charge in [0.25, 0.3) is 0 Å². The first kappa shape index (κ1) is 15.6. The second-order valence-electron chi connectivity index (χ2n) is 5.18. The van der Waals surface area contributed by atoms with Crippen molar-refractivity contribution in [1.29, 1.82) is 0 Å². The van der Waals surface area contributed by atoms with E-state index in [-0.39, 0.29) is 0 Å². The highest BCUT2D eigenvalue weighted by molar-refractivity contribution is 5.36. The first-order valence-corrected chi connectivity index (χ1v) is 7.61. The Kier molecular flexibility index (Phi) is 5.81. The Morgan fingerprint density at radius 3 is 2.76 bits per heavy atom. The zero-order valence-electron chi connectivity index (χ0n) is 13.1. The van der Waals surface area contributed by atoms with Gasteiger partial charge in [0.1, 0.15) is 12.4 Å². The molecular weight excluding hydrogens is 264 g/mol. The molecule has 0 aliphatic heterocycles. The second-order valence-corrected chi connectivity index (χ2v) is 5.18. The summed E-state index contributed by atoms with van der Waals surface area (Å²) in [5.74, 6) is 1.65. The van der Waals surface area contributed by atoms with Crippen molar-refractivity contribution in [2.75, 3.05) is 6.54 Å². The zero-order valence-corrected chi connectivity index (χ0v) is 13.1. The number of para-hydroxylation sites is 1. The molecule has 2 aromatic rings. The maximum atomic E-state index is 5.93. The van der Waals surface area contributed by atoms with Gasteiger partial charge < -0.3 is 14.6 Å². The molecule has 1 aromatic heterocycles. The monoisotopic (exact) mass is 288 g/mol. The number of aryl methyl sites for hydroxylation is 1. The SMILES string of the molecule is CCCNC(CC)c1ccccc1OCc1cc(C)no1. The summed E-state index contributed by atoms with van der Waals surface area (Å²) in [5.41, 5.74) is 2.07. The van der Waals surface area contributed by atoms with Gasteiger partial charge in [0.05, 0.1) is 5.69 Å². The predicted molar refractivity (Wildman–Crippen MR) is 83.3 cm³/mol. The summed E-state index contributed by atoms with van der Waals surface area (Å²) >= 11 is 0. The molecule has 1 atom stereocenters. The van der Waals surface area contributed by atoms with Crippen LogP contribution in [0.1, 0.15) is 49.7 Å². The maximum Gasteiger partial charge on any atom is 0.174 e. The molecule has 0 radical (unpaired) electrons. The largest absolute Gasteiger partial charge is 0.485 e. The lowest BCUT2D eigenvalue weighted by atomic mass is 10.0. The van der Waals surface area contributed by atoms with E-state index in [0.717, 1.165) is 36.6 Å². The van der Waals surface area contributed by atoms with Crippen LogP contribution in [-0.2, 0) is 6.61 Å². The third-order valence-corrected chi connectivity index (χ3v) is 3.39.